The third kappa shape index (κ3) is 3.94. The zero-order chi connectivity index (χ0) is 14.6. The van der Waals surface area contributed by atoms with Crippen LogP contribution in [0.4, 0.5) is 5.69 Å². The average molecular weight is 284 g/mol. The average Bonchev–Trinajstić information content (AvgIpc) is 2.38. The molecule has 5 N–H and O–H groups in total. The molecule has 2 amide bonds. The molecule has 0 saturated heterocycles. The number of anilines is 1. The molecule has 2 atom stereocenters. The molecule has 0 aliphatic heterocycles. The quantitative estimate of drug-likeness (QED) is 0.768. The molecule has 0 bridgehead atoms. The van der Waals surface area contributed by atoms with Gasteiger partial charge in [-0.2, -0.15) is 0 Å². The number of amides is 2. The Balaban J connectivity index is 2.90. The van der Waals surface area contributed by atoms with Crippen LogP contribution in [0.15, 0.2) is 18.2 Å². The fourth-order valence-electron chi connectivity index (χ4n) is 1.50. The van der Waals surface area contributed by atoms with Gasteiger partial charge in [-0.05, 0) is 24.1 Å². The lowest BCUT2D eigenvalue weighted by Crippen LogP contribution is -2.40. The predicted octanol–water partition coefficient (Wildman–Crippen LogP) is 1.75. The van der Waals surface area contributed by atoms with Crippen LogP contribution in [-0.2, 0) is 4.79 Å². The van der Waals surface area contributed by atoms with Gasteiger partial charge in [0.25, 0.3) is 0 Å². The summed E-state index contributed by atoms with van der Waals surface area (Å²) in [6.45, 7) is 3.85. The molecule has 0 aromatic heterocycles. The lowest BCUT2D eigenvalue weighted by atomic mass is 9.99. The minimum Gasteiger partial charge on any atom is -0.366 e. The molecule has 0 fully saturated rings. The number of carbonyl (C=O) groups excluding carboxylic acids is 2. The molecule has 1 aromatic carbocycles. The lowest BCUT2D eigenvalue weighted by molar-refractivity contribution is -0.118. The third-order valence-corrected chi connectivity index (χ3v) is 3.40. The van der Waals surface area contributed by atoms with Crippen molar-refractivity contribution in [3.8, 4) is 0 Å². The van der Waals surface area contributed by atoms with Crippen LogP contribution in [-0.4, -0.2) is 17.9 Å². The van der Waals surface area contributed by atoms with Crippen LogP contribution in [0.25, 0.3) is 0 Å². The molecular formula is C13H18ClN3O2. The van der Waals surface area contributed by atoms with Gasteiger partial charge in [-0.3, -0.25) is 9.59 Å². The van der Waals surface area contributed by atoms with E-state index in [-0.39, 0.29) is 17.4 Å². The van der Waals surface area contributed by atoms with Crippen molar-refractivity contribution in [1.82, 2.24) is 0 Å². The molecule has 0 spiro atoms. The van der Waals surface area contributed by atoms with Crippen LogP contribution in [0.1, 0.15) is 30.6 Å². The number of hydrogen-bond donors (Lipinski definition) is 3. The number of rotatable bonds is 5. The highest BCUT2D eigenvalue weighted by Gasteiger charge is 2.20. The standard InChI is InChI=1S/C13H18ClN3O2/c1-3-7(2)11(15)13(19)17-10-6-8(12(16)18)4-5-9(10)14/h4-7,11H,3,15H2,1-2H3,(H2,16,18)(H,17,19)/t7?,11-/m0/s1. The maximum absolute atomic E-state index is 11.9. The summed E-state index contributed by atoms with van der Waals surface area (Å²) in [4.78, 5) is 23.0. The number of hydrogen-bond acceptors (Lipinski definition) is 3. The summed E-state index contributed by atoms with van der Waals surface area (Å²) in [6, 6.07) is 3.81. The molecule has 0 aliphatic carbocycles. The van der Waals surface area contributed by atoms with Crippen molar-refractivity contribution < 1.29 is 9.59 Å². The van der Waals surface area contributed by atoms with E-state index in [0.29, 0.717) is 10.7 Å². The molecule has 104 valence electrons. The van der Waals surface area contributed by atoms with Gasteiger partial charge in [0.1, 0.15) is 0 Å². The van der Waals surface area contributed by atoms with Crippen molar-refractivity contribution in [3.63, 3.8) is 0 Å². The second-order valence-corrected chi connectivity index (χ2v) is 4.87. The van der Waals surface area contributed by atoms with E-state index in [9.17, 15) is 9.59 Å². The molecule has 1 unspecified atom stereocenters. The number of nitrogens with two attached hydrogens (primary N) is 2. The van der Waals surface area contributed by atoms with Crippen LogP contribution in [0.2, 0.25) is 5.02 Å². The van der Waals surface area contributed by atoms with Gasteiger partial charge in [0.2, 0.25) is 11.8 Å². The van der Waals surface area contributed by atoms with Gasteiger partial charge in [0.05, 0.1) is 16.8 Å². The Kier molecular flexibility index (Phi) is 5.32. The van der Waals surface area contributed by atoms with Gasteiger partial charge in [-0.1, -0.05) is 31.9 Å². The van der Waals surface area contributed by atoms with Crippen molar-refractivity contribution in [1.29, 1.82) is 0 Å². The van der Waals surface area contributed by atoms with Crippen molar-refractivity contribution in [2.75, 3.05) is 5.32 Å². The van der Waals surface area contributed by atoms with E-state index in [4.69, 9.17) is 23.1 Å². The Morgan fingerprint density at radius 3 is 2.58 bits per heavy atom. The Morgan fingerprint density at radius 1 is 1.42 bits per heavy atom. The molecule has 0 aliphatic rings. The summed E-state index contributed by atoms with van der Waals surface area (Å²) >= 11 is 5.96. The summed E-state index contributed by atoms with van der Waals surface area (Å²) in [6.07, 6.45) is 0.795. The number of primary amides is 1. The van der Waals surface area contributed by atoms with E-state index in [0.717, 1.165) is 6.42 Å². The molecule has 6 heteroatoms. The SMILES string of the molecule is CCC(C)[C@H](N)C(=O)Nc1cc(C(N)=O)ccc1Cl. The van der Waals surface area contributed by atoms with Crippen molar-refractivity contribution >= 4 is 29.1 Å². The first-order valence-corrected chi connectivity index (χ1v) is 6.40. The van der Waals surface area contributed by atoms with E-state index in [1.54, 1.807) is 0 Å². The molecule has 0 radical (unpaired) electrons. The van der Waals surface area contributed by atoms with Crippen LogP contribution in [0.5, 0.6) is 0 Å². The summed E-state index contributed by atoms with van der Waals surface area (Å²) in [7, 11) is 0. The Labute approximate surface area is 117 Å². The van der Waals surface area contributed by atoms with E-state index >= 15 is 0 Å². The summed E-state index contributed by atoms with van der Waals surface area (Å²) in [5, 5.41) is 2.95. The van der Waals surface area contributed by atoms with Crippen LogP contribution in [0, 0.1) is 5.92 Å². The molecule has 1 rings (SSSR count). The first-order valence-electron chi connectivity index (χ1n) is 6.02. The minimum absolute atomic E-state index is 0.0538. The highest BCUT2D eigenvalue weighted by molar-refractivity contribution is 6.34. The van der Waals surface area contributed by atoms with Crippen molar-refractivity contribution in [2.45, 2.75) is 26.3 Å². The zero-order valence-corrected chi connectivity index (χ0v) is 11.7. The predicted molar refractivity (Wildman–Crippen MR) is 76.0 cm³/mol. The van der Waals surface area contributed by atoms with Gasteiger partial charge >= 0.3 is 0 Å². The smallest absolute Gasteiger partial charge is 0.248 e. The normalized spacial score (nSPS) is 13.7. The van der Waals surface area contributed by atoms with Crippen LogP contribution in [0.3, 0.4) is 0 Å². The molecule has 5 nitrogen and oxygen atoms in total. The van der Waals surface area contributed by atoms with Gasteiger partial charge in [-0.15, -0.1) is 0 Å². The highest BCUT2D eigenvalue weighted by Crippen LogP contribution is 2.23. The van der Waals surface area contributed by atoms with E-state index < -0.39 is 11.9 Å². The van der Waals surface area contributed by atoms with E-state index in [1.165, 1.54) is 18.2 Å². The monoisotopic (exact) mass is 283 g/mol. The largest absolute Gasteiger partial charge is 0.366 e. The fraction of sp³-hybridized carbons (Fsp3) is 0.385. The second-order valence-electron chi connectivity index (χ2n) is 4.46. The van der Waals surface area contributed by atoms with Crippen LogP contribution >= 0.6 is 11.6 Å². The third-order valence-electron chi connectivity index (χ3n) is 3.07. The van der Waals surface area contributed by atoms with Crippen molar-refractivity contribution in [2.24, 2.45) is 17.4 Å². The topological polar surface area (TPSA) is 98.2 Å². The lowest BCUT2D eigenvalue weighted by Gasteiger charge is -2.18. The summed E-state index contributed by atoms with van der Waals surface area (Å²) < 4.78 is 0. The first kappa shape index (κ1) is 15.5. The van der Waals surface area contributed by atoms with Gasteiger partial charge < -0.3 is 16.8 Å². The first-order chi connectivity index (χ1) is 8.86. The van der Waals surface area contributed by atoms with E-state index in [2.05, 4.69) is 5.32 Å². The Bertz CT molecular complexity index is 491. The minimum atomic E-state index is -0.627. The number of benzene rings is 1. The summed E-state index contributed by atoms with van der Waals surface area (Å²) in [5.74, 6) is -0.866. The van der Waals surface area contributed by atoms with Gasteiger partial charge in [0, 0.05) is 5.56 Å². The zero-order valence-electron chi connectivity index (χ0n) is 10.9. The Hall–Kier alpha value is -1.59. The van der Waals surface area contributed by atoms with Gasteiger partial charge in [0.15, 0.2) is 0 Å². The molecule has 19 heavy (non-hydrogen) atoms. The maximum atomic E-state index is 11.9. The number of carbonyl (C=O) groups is 2. The Morgan fingerprint density at radius 2 is 2.05 bits per heavy atom. The van der Waals surface area contributed by atoms with Gasteiger partial charge in [-0.25, -0.2) is 0 Å². The molecule has 0 heterocycles. The van der Waals surface area contributed by atoms with E-state index in [1.807, 2.05) is 13.8 Å². The molecule has 0 saturated carbocycles. The highest BCUT2D eigenvalue weighted by atomic mass is 35.5. The number of halogens is 1. The molecular weight excluding hydrogens is 266 g/mol. The maximum Gasteiger partial charge on any atom is 0.248 e. The van der Waals surface area contributed by atoms with Crippen LogP contribution < -0.4 is 16.8 Å². The number of nitrogens with one attached hydrogen (secondary N) is 1. The fourth-order valence-corrected chi connectivity index (χ4v) is 1.67. The second kappa shape index (κ2) is 6.54. The van der Waals surface area contributed by atoms with Crippen molar-refractivity contribution in [3.05, 3.63) is 28.8 Å². The molecule has 1 aromatic rings. The summed E-state index contributed by atoms with van der Waals surface area (Å²) in [5.41, 5.74) is 11.6.